The van der Waals surface area contributed by atoms with Gasteiger partial charge in [-0.3, -0.25) is 0 Å². The van der Waals surface area contributed by atoms with Crippen LogP contribution < -0.4 is 5.73 Å². The summed E-state index contributed by atoms with van der Waals surface area (Å²) in [5, 5.41) is 0. The summed E-state index contributed by atoms with van der Waals surface area (Å²) in [6, 6.07) is 0. The minimum absolute atomic E-state index is 0.459. The highest BCUT2D eigenvalue weighted by atomic mass is 14.5. The van der Waals surface area contributed by atoms with E-state index in [9.17, 15) is 0 Å². The molecule has 0 heterocycles. The van der Waals surface area contributed by atoms with E-state index in [1.54, 1.807) is 0 Å². The highest BCUT2D eigenvalue weighted by molar-refractivity contribution is 4.84. The topological polar surface area (TPSA) is 26.0 Å². The first kappa shape index (κ1) is 12.7. The summed E-state index contributed by atoms with van der Waals surface area (Å²) < 4.78 is 0. The van der Waals surface area contributed by atoms with Gasteiger partial charge in [0.05, 0.1) is 0 Å². The summed E-state index contributed by atoms with van der Waals surface area (Å²) in [6.45, 7) is 9.98. The second kappa shape index (κ2) is 6.20. The first-order valence-electron chi connectivity index (χ1n) is 5.31. The molecule has 78 valence electrons. The van der Waals surface area contributed by atoms with E-state index in [4.69, 9.17) is 5.73 Å². The SMILES string of the molecule is CC(C/C=C\CCN)CC(C)(C)C. The molecule has 1 nitrogen and oxygen atoms in total. The van der Waals surface area contributed by atoms with Gasteiger partial charge in [0.15, 0.2) is 0 Å². The van der Waals surface area contributed by atoms with Crippen LogP contribution in [0, 0.1) is 11.3 Å². The van der Waals surface area contributed by atoms with Crippen molar-refractivity contribution < 1.29 is 0 Å². The molecule has 0 radical (unpaired) electrons. The van der Waals surface area contributed by atoms with Crippen LogP contribution in [0.25, 0.3) is 0 Å². The molecule has 0 aromatic heterocycles. The molecule has 1 unspecified atom stereocenters. The van der Waals surface area contributed by atoms with Gasteiger partial charge in [0.2, 0.25) is 0 Å². The maximum atomic E-state index is 5.40. The van der Waals surface area contributed by atoms with Crippen molar-refractivity contribution in [3.05, 3.63) is 12.2 Å². The van der Waals surface area contributed by atoms with E-state index in [-0.39, 0.29) is 0 Å². The minimum atomic E-state index is 0.459. The van der Waals surface area contributed by atoms with Crippen molar-refractivity contribution in [1.29, 1.82) is 0 Å². The van der Waals surface area contributed by atoms with Crippen LogP contribution in [0.3, 0.4) is 0 Å². The molecule has 0 bridgehead atoms. The highest BCUT2D eigenvalue weighted by Gasteiger charge is 2.13. The van der Waals surface area contributed by atoms with Gasteiger partial charge in [0, 0.05) is 0 Å². The fourth-order valence-corrected chi connectivity index (χ4v) is 1.67. The van der Waals surface area contributed by atoms with Crippen molar-refractivity contribution in [2.45, 2.75) is 47.0 Å². The molecule has 13 heavy (non-hydrogen) atoms. The molecule has 1 atom stereocenters. The van der Waals surface area contributed by atoms with Crippen LogP contribution in [-0.2, 0) is 0 Å². The molecule has 0 aromatic carbocycles. The van der Waals surface area contributed by atoms with Crippen molar-refractivity contribution in [3.63, 3.8) is 0 Å². The van der Waals surface area contributed by atoms with Crippen LogP contribution in [0.1, 0.15) is 47.0 Å². The van der Waals surface area contributed by atoms with E-state index in [1.165, 1.54) is 12.8 Å². The van der Waals surface area contributed by atoms with Crippen molar-refractivity contribution in [2.24, 2.45) is 17.1 Å². The van der Waals surface area contributed by atoms with Gasteiger partial charge < -0.3 is 5.73 Å². The molecule has 0 rings (SSSR count). The summed E-state index contributed by atoms with van der Waals surface area (Å²) >= 11 is 0. The molecule has 0 aliphatic heterocycles. The van der Waals surface area contributed by atoms with Crippen LogP contribution in [0.5, 0.6) is 0 Å². The monoisotopic (exact) mass is 183 g/mol. The Morgan fingerprint density at radius 3 is 2.31 bits per heavy atom. The number of allylic oxidation sites excluding steroid dienone is 1. The molecule has 0 aliphatic rings. The summed E-state index contributed by atoms with van der Waals surface area (Å²) in [7, 11) is 0. The Morgan fingerprint density at radius 2 is 1.85 bits per heavy atom. The Morgan fingerprint density at radius 1 is 1.23 bits per heavy atom. The smallest absolute Gasteiger partial charge is 0.00426 e. The molecule has 0 aromatic rings. The van der Waals surface area contributed by atoms with E-state index in [0.717, 1.165) is 18.9 Å². The van der Waals surface area contributed by atoms with E-state index in [1.807, 2.05) is 0 Å². The molecule has 0 spiro atoms. The molecule has 0 amide bonds. The fourth-order valence-electron chi connectivity index (χ4n) is 1.67. The minimum Gasteiger partial charge on any atom is -0.330 e. The van der Waals surface area contributed by atoms with Crippen LogP contribution in [-0.4, -0.2) is 6.54 Å². The standard InChI is InChI=1S/C12H25N/c1-11(10-12(2,3)4)8-6-5-7-9-13/h5-6,11H,7-10,13H2,1-4H3/b6-5-. The van der Waals surface area contributed by atoms with Gasteiger partial charge in [-0.25, -0.2) is 0 Å². The van der Waals surface area contributed by atoms with Gasteiger partial charge in [-0.05, 0) is 37.1 Å². The lowest BCUT2D eigenvalue weighted by atomic mass is 9.84. The second-order valence-corrected chi connectivity index (χ2v) is 5.15. The number of hydrogen-bond donors (Lipinski definition) is 1. The van der Waals surface area contributed by atoms with Gasteiger partial charge in [0.25, 0.3) is 0 Å². The summed E-state index contributed by atoms with van der Waals surface area (Å²) in [6.07, 6.45) is 7.96. The lowest BCUT2D eigenvalue weighted by Crippen LogP contribution is -2.10. The van der Waals surface area contributed by atoms with E-state index < -0.39 is 0 Å². The zero-order chi connectivity index (χ0) is 10.3. The van der Waals surface area contributed by atoms with E-state index in [2.05, 4.69) is 39.8 Å². The predicted octanol–water partition coefficient (Wildman–Crippen LogP) is 3.35. The normalized spacial score (nSPS) is 15.2. The summed E-state index contributed by atoms with van der Waals surface area (Å²) in [5.41, 5.74) is 5.86. The van der Waals surface area contributed by atoms with Crippen LogP contribution >= 0.6 is 0 Å². The van der Waals surface area contributed by atoms with E-state index >= 15 is 0 Å². The Labute approximate surface area is 83.4 Å². The maximum Gasteiger partial charge on any atom is -0.00426 e. The zero-order valence-electron chi connectivity index (χ0n) is 9.64. The molecular weight excluding hydrogens is 158 g/mol. The zero-order valence-corrected chi connectivity index (χ0v) is 9.64. The molecule has 0 aliphatic carbocycles. The quantitative estimate of drug-likeness (QED) is 0.650. The van der Waals surface area contributed by atoms with E-state index in [0.29, 0.717) is 5.41 Å². The fraction of sp³-hybridized carbons (Fsp3) is 0.833. The first-order chi connectivity index (χ1) is 5.95. The second-order valence-electron chi connectivity index (χ2n) is 5.15. The van der Waals surface area contributed by atoms with Gasteiger partial charge in [-0.2, -0.15) is 0 Å². The molecule has 2 N–H and O–H groups in total. The maximum absolute atomic E-state index is 5.40. The van der Waals surface area contributed by atoms with Crippen molar-refractivity contribution in [3.8, 4) is 0 Å². The summed E-state index contributed by atoms with van der Waals surface area (Å²) in [4.78, 5) is 0. The average molecular weight is 183 g/mol. The molecule has 0 saturated carbocycles. The first-order valence-corrected chi connectivity index (χ1v) is 5.31. The Balaban J connectivity index is 3.57. The third kappa shape index (κ3) is 9.62. The van der Waals surface area contributed by atoms with Crippen molar-refractivity contribution in [1.82, 2.24) is 0 Å². The Kier molecular flexibility index (Phi) is 6.06. The third-order valence-corrected chi connectivity index (χ3v) is 2.00. The molecule has 0 saturated heterocycles. The van der Waals surface area contributed by atoms with Gasteiger partial charge in [-0.1, -0.05) is 39.8 Å². The summed E-state index contributed by atoms with van der Waals surface area (Å²) in [5.74, 6) is 0.786. The lowest BCUT2D eigenvalue weighted by Gasteiger charge is -2.22. The third-order valence-electron chi connectivity index (χ3n) is 2.00. The van der Waals surface area contributed by atoms with Crippen LogP contribution in [0.4, 0.5) is 0 Å². The van der Waals surface area contributed by atoms with Crippen molar-refractivity contribution >= 4 is 0 Å². The molecule has 1 heteroatoms. The largest absolute Gasteiger partial charge is 0.330 e. The predicted molar refractivity (Wildman–Crippen MR) is 60.7 cm³/mol. The lowest BCUT2D eigenvalue weighted by molar-refractivity contribution is 0.308. The van der Waals surface area contributed by atoms with Crippen LogP contribution in [0.2, 0.25) is 0 Å². The average Bonchev–Trinajstić information content (AvgIpc) is 1.94. The Bertz CT molecular complexity index is 142. The molecular formula is C12H25N. The Hall–Kier alpha value is -0.300. The number of hydrogen-bond acceptors (Lipinski definition) is 1. The number of nitrogens with two attached hydrogens (primary N) is 1. The number of rotatable bonds is 5. The highest BCUT2D eigenvalue weighted by Crippen LogP contribution is 2.25. The van der Waals surface area contributed by atoms with Gasteiger partial charge in [0.1, 0.15) is 0 Å². The van der Waals surface area contributed by atoms with Gasteiger partial charge in [-0.15, -0.1) is 0 Å². The van der Waals surface area contributed by atoms with Crippen molar-refractivity contribution in [2.75, 3.05) is 6.54 Å². The van der Waals surface area contributed by atoms with Crippen LogP contribution in [0.15, 0.2) is 12.2 Å². The molecule has 0 fully saturated rings. The van der Waals surface area contributed by atoms with Gasteiger partial charge >= 0.3 is 0 Å².